The Labute approximate surface area is 183 Å². The molecule has 0 aliphatic carbocycles. The SMILES string of the molecule is CN=C(NCCC(=O)Nc1ccc(C)cc1Cl)NC(C)CCS(C)(=O)=O.I. The summed E-state index contributed by atoms with van der Waals surface area (Å²) in [6, 6.07) is 5.38. The zero-order valence-corrected chi connectivity index (χ0v) is 19.9. The van der Waals surface area contributed by atoms with Gasteiger partial charge < -0.3 is 16.0 Å². The number of amides is 1. The van der Waals surface area contributed by atoms with Gasteiger partial charge in [-0.1, -0.05) is 17.7 Å². The molecule has 3 N–H and O–H groups in total. The van der Waals surface area contributed by atoms with Crippen molar-refractivity contribution in [2.75, 3.05) is 30.9 Å². The molecule has 1 aromatic rings. The molecule has 154 valence electrons. The molecule has 0 bridgehead atoms. The lowest BCUT2D eigenvalue weighted by atomic mass is 10.2. The molecule has 27 heavy (non-hydrogen) atoms. The molecule has 0 fully saturated rings. The Morgan fingerprint density at radius 3 is 2.56 bits per heavy atom. The number of anilines is 1. The van der Waals surface area contributed by atoms with Crippen molar-refractivity contribution in [2.24, 2.45) is 4.99 Å². The minimum Gasteiger partial charge on any atom is -0.356 e. The minimum absolute atomic E-state index is 0. The Hall–Kier alpha value is -1.07. The van der Waals surface area contributed by atoms with E-state index in [0.29, 0.717) is 29.6 Å². The Balaban J connectivity index is 0.00000676. The van der Waals surface area contributed by atoms with Crippen molar-refractivity contribution >= 4 is 63.0 Å². The highest BCUT2D eigenvalue weighted by atomic mass is 127. The van der Waals surface area contributed by atoms with E-state index in [1.807, 2.05) is 19.9 Å². The molecule has 0 heterocycles. The van der Waals surface area contributed by atoms with Gasteiger partial charge in [-0.15, -0.1) is 24.0 Å². The van der Waals surface area contributed by atoms with Crippen LogP contribution in [-0.2, 0) is 14.6 Å². The number of hydrogen-bond acceptors (Lipinski definition) is 4. The van der Waals surface area contributed by atoms with E-state index in [2.05, 4.69) is 20.9 Å². The Bertz CT molecular complexity index is 757. The van der Waals surface area contributed by atoms with Gasteiger partial charge in [-0.25, -0.2) is 8.42 Å². The van der Waals surface area contributed by atoms with Gasteiger partial charge >= 0.3 is 0 Å². The number of rotatable bonds is 8. The predicted octanol–water partition coefficient (Wildman–Crippen LogP) is 2.58. The summed E-state index contributed by atoms with van der Waals surface area (Å²) in [5.74, 6) is 0.466. The van der Waals surface area contributed by atoms with Gasteiger partial charge in [-0.3, -0.25) is 9.79 Å². The summed E-state index contributed by atoms with van der Waals surface area (Å²) in [5, 5.41) is 9.41. The highest BCUT2D eigenvalue weighted by Crippen LogP contribution is 2.22. The van der Waals surface area contributed by atoms with Crippen LogP contribution in [0.2, 0.25) is 5.02 Å². The van der Waals surface area contributed by atoms with E-state index in [0.717, 1.165) is 5.56 Å². The van der Waals surface area contributed by atoms with Crippen LogP contribution in [-0.4, -0.2) is 51.9 Å². The van der Waals surface area contributed by atoms with E-state index in [4.69, 9.17) is 11.6 Å². The maximum atomic E-state index is 12.0. The molecular formula is C17H28ClIN4O3S. The van der Waals surface area contributed by atoms with Crippen molar-refractivity contribution in [3.8, 4) is 0 Å². The zero-order chi connectivity index (χ0) is 19.7. The van der Waals surface area contributed by atoms with E-state index in [9.17, 15) is 13.2 Å². The Morgan fingerprint density at radius 2 is 2.00 bits per heavy atom. The number of aliphatic imine (C=N–C) groups is 1. The predicted molar refractivity (Wildman–Crippen MR) is 123 cm³/mol. The number of carbonyl (C=O) groups is 1. The number of sulfone groups is 1. The van der Waals surface area contributed by atoms with Crippen molar-refractivity contribution in [1.29, 1.82) is 0 Å². The summed E-state index contributed by atoms with van der Waals surface area (Å²) in [5.41, 5.74) is 1.61. The monoisotopic (exact) mass is 530 g/mol. The van der Waals surface area contributed by atoms with Crippen LogP contribution in [0.5, 0.6) is 0 Å². The van der Waals surface area contributed by atoms with Crippen LogP contribution in [0.25, 0.3) is 0 Å². The summed E-state index contributed by atoms with van der Waals surface area (Å²) < 4.78 is 22.4. The van der Waals surface area contributed by atoms with E-state index in [1.54, 1.807) is 19.2 Å². The van der Waals surface area contributed by atoms with E-state index in [-0.39, 0.29) is 48.1 Å². The van der Waals surface area contributed by atoms with Gasteiger partial charge in [-0.05, 0) is 38.0 Å². The van der Waals surface area contributed by atoms with Gasteiger partial charge in [0.1, 0.15) is 9.84 Å². The fourth-order valence-corrected chi connectivity index (χ4v) is 3.18. The largest absolute Gasteiger partial charge is 0.356 e. The van der Waals surface area contributed by atoms with Gasteiger partial charge in [0.15, 0.2) is 5.96 Å². The molecule has 1 rings (SSSR count). The molecule has 0 saturated carbocycles. The van der Waals surface area contributed by atoms with Crippen molar-refractivity contribution in [3.05, 3.63) is 28.8 Å². The third kappa shape index (κ3) is 11.4. The van der Waals surface area contributed by atoms with Gasteiger partial charge in [0.05, 0.1) is 16.5 Å². The third-order valence-corrected chi connectivity index (χ3v) is 4.86. The second kappa shape index (κ2) is 12.4. The molecule has 0 saturated heterocycles. The molecule has 0 aliphatic heterocycles. The van der Waals surface area contributed by atoms with Gasteiger partial charge in [-0.2, -0.15) is 0 Å². The van der Waals surface area contributed by atoms with Crippen LogP contribution in [0.15, 0.2) is 23.2 Å². The topological polar surface area (TPSA) is 99.7 Å². The molecule has 0 radical (unpaired) electrons. The van der Waals surface area contributed by atoms with Crippen LogP contribution >= 0.6 is 35.6 Å². The fraction of sp³-hybridized carbons (Fsp3) is 0.529. The van der Waals surface area contributed by atoms with E-state index < -0.39 is 9.84 Å². The molecule has 0 aliphatic rings. The number of nitrogens with zero attached hydrogens (tertiary/aromatic N) is 1. The molecule has 0 spiro atoms. The first-order valence-electron chi connectivity index (χ1n) is 8.31. The van der Waals surface area contributed by atoms with E-state index >= 15 is 0 Å². The van der Waals surface area contributed by atoms with Crippen LogP contribution < -0.4 is 16.0 Å². The Kier molecular flexibility index (Phi) is 11.9. The highest BCUT2D eigenvalue weighted by molar-refractivity contribution is 14.0. The van der Waals surface area contributed by atoms with Gasteiger partial charge in [0, 0.05) is 32.3 Å². The van der Waals surface area contributed by atoms with Crippen molar-refractivity contribution in [2.45, 2.75) is 32.7 Å². The summed E-state index contributed by atoms with van der Waals surface area (Å²) in [6.07, 6.45) is 1.93. The summed E-state index contributed by atoms with van der Waals surface area (Å²) >= 11 is 6.10. The number of guanidine groups is 1. The normalized spacial score (nSPS) is 12.7. The van der Waals surface area contributed by atoms with Crippen LogP contribution in [0.3, 0.4) is 0 Å². The quantitative estimate of drug-likeness (QED) is 0.273. The molecule has 10 heteroatoms. The van der Waals surface area contributed by atoms with Crippen molar-refractivity contribution < 1.29 is 13.2 Å². The number of halogens is 2. The molecule has 1 unspecified atom stereocenters. The minimum atomic E-state index is -2.99. The summed E-state index contributed by atoms with van der Waals surface area (Å²) in [6.45, 7) is 4.19. The summed E-state index contributed by atoms with van der Waals surface area (Å²) in [7, 11) is -1.37. The standard InChI is InChI=1S/C17H27ClN4O3S.HI/c1-12-5-6-15(14(18)11-12)22-16(23)7-9-20-17(19-3)21-13(2)8-10-26(4,24)25;/h5-6,11,13H,7-10H2,1-4H3,(H,22,23)(H2,19,20,21);1H. The number of carbonyl (C=O) groups excluding carboxylic acids is 1. The van der Waals surface area contributed by atoms with Crippen molar-refractivity contribution in [1.82, 2.24) is 10.6 Å². The van der Waals surface area contributed by atoms with Gasteiger partial charge in [0.25, 0.3) is 0 Å². The first-order chi connectivity index (χ1) is 12.1. The number of aryl methyl sites for hydroxylation is 1. The zero-order valence-electron chi connectivity index (χ0n) is 16.0. The molecule has 0 aromatic heterocycles. The number of nitrogens with one attached hydrogen (secondary N) is 3. The first-order valence-corrected chi connectivity index (χ1v) is 10.8. The smallest absolute Gasteiger partial charge is 0.226 e. The van der Waals surface area contributed by atoms with Crippen LogP contribution in [0, 0.1) is 6.92 Å². The maximum absolute atomic E-state index is 12.0. The molecule has 1 aromatic carbocycles. The van der Waals surface area contributed by atoms with E-state index in [1.165, 1.54) is 6.26 Å². The van der Waals surface area contributed by atoms with Gasteiger partial charge in [0.2, 0.25) is 5.91 Å². The fourth-order valence-electron chi connectivity index (χ4n) is 2.12. The van der Waals surface area contributed by atoms with Crippen molar-refractivity contribution in [3.63, 3.8) is 0 Å². The maximum Gasteiger partial charge on any atom is 0.226 e. The lowest BCUT2D eigenvalue weighted by Gasteiger charge is -2.17. The second-order valence-electron chi connectivity index (χ2n) is 6.24. The average molecular weight is 531 g/mol. The number of hydrogen-bond donors (Lipinski definition) is 3. The number of benzene rings is 1. The Morgan fingerprint density at radius 1 is 1.33 bits per heavy atom. The highest BCUT2D eigenvalue weighted by Gasteiger charge is 2.10. The second-order valence-corrected chi connectivity index (χ2v) is 8.91. The lowest BCUT2D eigenvalue weighted by molar-refractivity contribution is -0.116. The molecule has 7 nitrogen and oxygen atoms in total. The summed E-state index contributed by atoms with van der Waals surface area (Å²) in [4.78, 5) is 16.1. The molecule has 1 atom stereocenters. The van der Waals surface area contributed by atoms with Crippen LogP contribution in [0.1, 0.15) is 25.3 Å². The first kappa shape index (κ1) is 25.9. The third-order valence-electron chi connectivity index (χ3n) is 3.57. The average Bonchev–Trinajstić information content (AvgIpc) is 2.54. The molecular weight excluding hydrogens is 503 g/mol. The molecule has 1 amide bonds. The van der Waals surface area contributed by atoms with Crippen LogP contribution in [0.4, 0.5) is 5.69 Å². The lowest BCUT2D eigenvalue weighted by Crippen LogP contribution is -2.43.